The van der Waals surface area contributed by atoms with Crippen LogP contribution in [-0.2, 0) is 4.79 Å². The molecule has 1 aromatic heterocycles. The maximum Gasteiger partial charge on any atom is 0.250 e. The van der Waals surface area contributed by atoms with Crippen LogP contribution in [0.1, 0.15) is 35.9 Å². The van der Waals surface area contributed by atoms with Crippen LogP contribution in [0, 0.1) is 6.92 Å². The number of aromatic nitrogens is 2. The van der Waals surface area contributed by atoms with Crippen LogP contribution < -0.4 is 5.32 Å². The molecular formula is C15H17N3OS. The zero-order chi connectivity index (χ0) is 14.5. The lowest BCUT2D eigenvalue weighted by atomic mass is 10.0. The van der Waals surface area contributed by atoms with Crippen LogP contribution in [0.15, 0.2) is 30.3 Å². The van der Waals surface area contributed by atoms with E-state index in [4.69, 9.17) is 0 Å². The van der Waals surface area contributed by atoms with Crippen molar-refractivity contribution in [2.75, 3.05) is 5.32 Å². The molecule has 1 heterocycles. The highest BCUT2D eigenvalue weighted by Crippen LogP contribution is 2.16. The Hall–Kier alpha value is -2.01. The summed E-state index contributed by atoms with van der Waals surface area (Å²) in [6.07, 6.45) is 3.29. The van der Waals surface area contributed by atoms with Crippen LogP contribution in [0.2, 0.25) is 0 Å². The standard InChI is InChI=1S/C15H17N3OS/c1-10(2)13-7-4-12(5-8-13)6-9-14(19)16-15-18-17-11(3)20-15/h4-10H,1-3H3,(H,16,18,19)/b9-6+. The minimum atomic E-state index is -0.200. The van der Waals surface area contributed by atoms with Crippen molar-refractivity contribution in [3.8, 4) is 0 Å². The maximum atomic E-state index is 11.7. The summed E-state index contributed by atoms with van der Waals surface area (Å²) in [7, 11) is 0. The van der Waals surface area contributed by atoms with Crippen molar-refractivity contribution in [2.45, 2.75) is 26.7 Å². The lowest BCUT2D eigenvalue weighted by molar-refractivity contribution is -0.111. The summed E-state index contributed by atoms with van der Waals surface area (Å²) in [6, 6.07) is 8.18. The van der Waals surface area contributed by atoms with E-state index in [1.165, 1.54) is 23.0 Å². The van der Waals surface area contributed by atoms with Gasteiger partial charge in [0.1, 0.15) is 5.01 Å². The first-order chi connectivity index (χ1) is 9.54. The Kier molecular flexibility index (Phi) is 4.63. The molecule has 4 nitrogen and oxygen atoms in total. The normalized spacial score (nSPS) is 11.2. The average molecular weight is 287 g/mol. The molecule has 0 aliphatic carbocycles. The second kappa shape index (κ2) is 6.43. The van der Waals surface area contributed by atoms with E-state index < -0.39 is 0 Å². The van der Waals surface area contributed by atoms with Gasteiger partial charge in [0, 0.05) is 6.08 Å². The Morgan fingerprint density at radius 3 is 2.50 bits per heavy atom. The van der Waals surface area contributed by atoms with Gasteiger partial charge in [-0.25, -0.2) is 0 Å². The molecule has 0 saturated heterocycles. The summed E-state index contributed by atoms with van der Waals surface area (Å²) in [5, 5.41) is 11.7. The molecule has 5 heteroatoms. The minimum absolute atomic E-state index is 0.200. The largest absolute Gasteiger partial charge is 0.297 e. The number of aryl methyl sites for hydroxylation is 1. The van der Waals surface area contributed by atoms with Crippen LogP contribution in [0.3, 0.4) is 0 Å². The van der Waals surface area contributed by atoms with Crippen molar-refractivity contribution in [3.05, 3.63) is 46.5 Å². The van der Waals surface area contributed by atoms with Gasteiger partial charge < -0.3 is 0 Å². The summed E-state index contributed by atoms with van der Waals surface area (Å²) in [5.41, 5.74) is 2.29. The minimum Gasteiger partial charge on any atom is -0.297 e. The number of carbonyl (C=O) groups excluding carboxylic acids is 1. The number of nitrogens with one attached hydrogen (secondary N) is 1. The van der Waals surface area contributed by atoms with Gasteiger partial charge in [0.05, 0.1) is 0 Å². The van der Waals surface area contributed by atoms with Crippen LogP contribution in [0.25, 0.3) is 6.08 Å². The Morgan fingerprint density at radius 2 is 1.95 bits per heavy atom. The number of benzene rings is 1. The lowest BCUT2D eigenvalue weighted by Gasteiger charge is -2.04. The maximum absolute atomic E-state index is 11.7. The third-order valence-corrected chi connectivity index (χ3v) is 3.54. The van der Waals surface area contributed by atoms with Crippen LogP contribution in [0.5, 0.6) is 0 Å². The molecule has 104 valence electrons. The van der Waals surface area contributed by atoms with E-state index in [9.17, 15) is 4.79 Å². The number of rotatable bonds is 4. The number of hydrogen-bond acceptors (Lipinski definition) is 4. The van der Waals surface area contributed by atoms with Gasteiger partial charge in [-0.15, -0.1) is 10.2 Å². The molecule has 0 atom stereocenters. The number of amides is 1. The SMILES string of the molecule is Cc1nnc(NC(=O)/C=C/c2ccc(C(C)C)cc2)s1. The molecule has 2 aromatic rings. The molecule has 0 spiro atoms. The Bertz CT molecular complexity index is 614. The summed E-state index contributed by atoms with van der Waals surface area (Å²) in [5.74, 6) is 0.311. The van der Waals surface area contributed by atoms with Crippen molar-refractivity contribution in [2.24, 2.45) is 0 Å². The molecule has 1 aromatic carbocycles. The highest BCUT2D eigenvalue weighted by Gasteiger charge is 2.03. The topological polar surface area (TPSA) is 54.9 Å². The van der Waals surface area contributed by atoms with Gasteiger partial charge in [-0.2, -0.15) is 0 Å². The fourth-order valence-electron chi connectivity index (χ4n) is 1.66. The smallest absolute Gasteiger partial charge is 0.250 e. The van der Waals surface area contributed by atoms with Crippen LogP contribution in [-0.4, -0.2) is 16.1 Å². The number of anilines is 1. The van der Waals surface area contributed by atoms with Crippen molar-refractivity contribution < 1.29 is 4.79 Å². The fraction of sp³-hybridized carbons (Fsp3) is 0.267. The molecule has 1 N–H and O–H groups in total. The molecule has 0 aliphatic rings. The monoisotopic (exact) mass is 287 g/mol. The predicted molar refractivity (Wildman–Crippen MR) is 82.8 cm³/mol. The van der Waals surface area contributed by atoms with Crippen LogP contribution >= 0.6 is 11.3 Å². The van der Waals surface area contributed by atoms with E-state index in [1.807, 2.05) is 19.1 Å². The zero-order valence-corrected chi connectivity index (χ0v) is 12.6. The number of hydrogen-bond donors (Lipinski definition) is 1. The van der Waals surface area contributed by atoms with E-state index in [1.54, 1.807) is 6.08 Å². The van der Waals surface area contributed by atoms with Crippen LogP contribution in [0.4, 0.5) is 5.13 Å². The summed E-state index contributed by atoms with van der Waals surface area (Å²) < 4.78 is 0. The summed E-state index contributed by atoms with van der Waals surface area (Å²) in [4.78, 5) is 11.7. The van der Waals surface area contributed by atoms with Gasteiger partial charge in [0.15, 0.2) is 0 Å². The average Bonchev–Trinajstić information content (AvgIpc) is 2.82. The Morgan fingerprint density at radius 1 is 1.25 bits per heavy atom. The number of carbonyl (C=O) groups is 1. The van der Waals surface area contributed by atoms with Gasteiger partial charge in [0.25, 0.3) is 0 Å². The quantitative estimate of drug-likeness (QED) is 0.874. The first kappa shape index (κ1) is 14.4. The van der Waals surface area contributed by atoms with Gasteiger partial charge >= 0.3 is 0 Å². The second-order valence-electron chi connectivity index (χ2n) is 4.77. The van der Waals surface area contributed by atoms with Gasteiger partial charge in [0.2, 0.25) is 11.0 Å². The Labute approximate surface area is 122 Å². The van der Waals surface area contributed by atoms with Gasteiger partial charge in [-0.05, 0) is 30.0 Å². The lowest BCUT2D eigenvalue weighted by Crippen LogP contribution is -2.07. The zero-order valence-electron chi connectivity index (χ0n) is 11.8. The molecule has 1 amide bonds. The second-order valence-corrected chi connectivity index (χ2v) is 5.95. The molecule has 0 saturated carbocycles. The molecule has 0 radical (unpaired) electrons. The number of nitrogens with zero attached hydrogens (tertiary/aromatic N) is 2. The molecule has 0 aliphatic heterocycles. The fourth-order valence-corrected chi connectivity index (χ4v) is 2.25. The summed E-state index contributed by atoms with van der Waals surface area (Å²) >= 11 is 1.35. The van der Waals surface area contributed by atoms with E-state index in [0.717, 1.165) is 10.6 Å². The highest BCUT2D eigenvalue weighted by atomic mass is 32.1. The highest BCUT2D eigenvalue weighted by molar-refractivity contribution is 7.15. The van der Waals surface area contributed by atoms with Crippen molar-refractivity contribution >= 4 is 28.5 Å². The predicted octanol–water partition coefficient (Wildman–Crippen LogP) is 3.62. The van der Waals surface area contributed by atoms with Gasteiger partial charge in [-0.1, -0.05) is 49.4 Å². The molecule has 20 heavy (non-hydrogen) atoms. The van der Waals surface area contributed by atoms with Gasteiger partial charge in [-0.3, -0.25) is 10.1 Å². The van der Waals surface area contributed by atoms with Crippen molar-refractivity contribution in [1.82, 2.24) is 10.2 Å². The van der Waals surface area contributed by atoms with E-state index >= 15 is 0 Å². The van der Waals surface area contributed by atoms with Crippen molar-refractivity contribution in [3.63, 3.8) is 0 Å². The Balaban J connectivity index is 1.96. The third-order valence-electron chi connectivity index (χ3n) is 2.79. The first-order valence-corrected chi connectivity index (χ1v) is 7.25. The molecule has 0 fully saturated rings. The van der Waals surface area contributed by atoms with E-state index in [0.29, 0.717) is 11.0 Å². The van der Waals surface area contributed by atoms with E-state index in [2.05, 4.69) is 41.5 Å². The third kappa shape index (κ3) is 3.99. The molecule has 0 bridgehead atoms. The first-order valence-electron chi connectivity index (χ1n) is 6.44. The molecule has 2 rings (SSSR count). The van der Waals surface area contributed by atoms with E-state index in [-0.39, 0.29) is 5.91 Å². The molecule has 0 unspecified atom stereocenters. The van der Waals surface area contributed by atoms with Crippen molar-refractivity contribution in [1.29, 1.82) is 0 Å². The molecular weight excluding hydrogens is 270 g/mol. The summed E-state index contributed by atoms with van der Waals surface area (Å²) in [6.45, 7) is 6.16.